The van der Waals surface area contributed by atoms with Gasteiger partial charge in [0.15, 0.2) is 0 Å². The van der Waals surface area contributed by atoms with Crippen molar-refractivity contribution in [1.82, 2.24) is 9.55 Å². The second kappa shape index (κ2) is 5.91. The van der Waals surface area contributed by atoms with Gasteiger partial charge in [0.05, 0.1) is 11.0 Å². The largest absolute Gasteiger partial charge is 0.339 e. The predicted molar refractivity (Wildman–Crippen MR) is 83.9 cm³/mol. The van der Waals surface area contributed by atoms with E-state index in [1.807, 2.05) is 12.3 Å². The van der Waals surface area contributed by atoms with Gasteiger partial charge in [-0.1, -0.05) is 43.7 Å². The molecular formula is C18H20N2. The lowest BCUT2D eigenvalue weighted by Crippen LogP contribution is -2.04. The fourth-order valence-electron chi connectivity index (χ4n) is 2.66. The molecule has 102 valence electrons. The van der Waals surface area contributed by atoms with Crippen LogP contribution in [0.5, 0.6) is 0 Å². The quantitative estimate of drug-likeness (QED) is 0.666. The Kier molecular flexibility index (Phi) is 3.82. The summed E-state index contributed by atoms with van der Waals surface area (Å²) in [6, 6.07) is 17.1. The standard InChI is InChI=1S/C18H20N2/c1-2-3-10-16-13-17-18(11-7-12-19-17)20(16)14-15-8-5-4-6-9-15/h4-9,11-13H,2-3,10,14H2,1H3. The van der Waals surface area contributed by atoms with Crippen molar-refractivity contribution in [2.24, 2.45) is 0 Å². The van der Waals surface area contributed by atoms with Gasteiger partial charge < -0.3 is 4.57 Å². The molecular weight excluding hydrogens is 244 g/mol. The maximum absolute atomic E-state index is 4.49. The van der Waals surface area contributed by atoms with E-state index in [0.717, 1.165) is 18.5 Å². The van der Waals surface area contributed by atoms with Crippen molar-refractivity contribution in [1.29, 1.82) is 0 Å². The highest BCUT2D eigenvalue weighted by molar-refractivity contribution is 5.77. The molecule has 0 saturated carbocycles. The lowest BCUT2D eigenvalue weighted by molar-refractivity contribution is 0.711. The fourth-order valence-corrected chi connectivity index (χ4v) is 2.66. The number of hydrogen-bond donors (Lipinski definition) is 0. The summed E-state index contributed by atoms with van der Waals surface area (Å²) in [7, 11) is 0. The molecule has 0 amide bonds. The van der Waals surface area contributed by atoms with Gasteiger partial charge in [-0.3, -0.25) is 4.98 Å². The summed E-state index contributed by atoms with van der Waals surface area (Å²) in [5.74, 6) is 0. The first-order chi connectivity index (χ1) is 9.88. The van der Waals surface area contributed by atoms with Crippen LogP contribution in [0.25, 0.3) is 11.0 Å². The van der Waals surface area contributed by atoms with Crippen molar-refractivity contribution < 1.29 is 0 Å². The maximum Gasteiger partial charge on any atom is 0.0883 e. The minimum absolute atomic E-state index is 0.926. The summed E-state index contributed by atoms with van der Waals surface area (Å²) < 4.78 is 2.41. The number of pyridine rings is 1. The second-order valence-electron chi connectivity index (χ2n) is 5.22. The van der Waals surface area contributed by atoms with Gasteiger partial charge in [-0.25, -0.2) is 0 Å². The van der Waals surface area contributed by atoms with Crippen LogP contribution in [0.4, 0.5) is 0 Å². The van der Waals surface area contributed by atoms with Gasteiger partial charge in [-0.15, -0.1) is 0 Å². The molecule has 0 aliphatic heterocycles. The third-order valence-corrected chi connectivity index (χ3v) is 3.73. The average molecular weight is 264 g/mol. The van der Waals surface area contributed by atoms with Crippen LogP contribution >= 0.6 is 0 Å². The number of nitrogens with zero attached hydrogens (tertiary/aromatic N) is 2. The smallest absolute Gasteiger partial charge is 0.0883 e. The Bertz CT molecular complexity index is 683. The Balaban J connectivity index is 2.01. The van der Waals surface area contributed by atoms with Gasteiger partial charge in [0.25, 0.3) is 0 Å². The monoisotopic (exact) mass is 264 g/mol. The zero-order chi connectivity index (χ0) is 13.8. The van der Waals surface area contributed by atoms with Crippen LogP contribution in [-0.2, 0) is 13.0 Å². The highest BCUT2D eigenvalue weighted by Crippen LogP contribution is 2.21. The van der Waals surface area contributed by atoms with Crippen molar-refractivity contribution in [3.8, 4) is 0 Å². The molecule has 0 aliphatic carbocycles. The molecule has 0 radical (unpaired) electrons. The van der Waals surface area contributed by atoms with E-state index < -0.39 is 0 Å². The van der Waals surface area contributed by atoms with Crippen LogP contribution in [0.15, 0.2) is 54.7 Å². The fraction of sp³-hybridized carbons (Fsp3) is 0.278. The third-order valence-electron chi connectivity index (χ3n) is 3.73. The third kappa shape index (κ3) is 2.60. The topological polar surface area (TPSA) is 17.8 Å². The molecule has 3 aromatic rings. The second-order valence-corrected chi connectivity index (χ2v) is 5.22. The Morgan fingerprint density at radius 3 is 2.70 bits per heavy atom. The Morgan fingerprint density at radius 1 is 1.05 bits per heavy atom. The van der Waals surface area contributed by atoms with Crippen LogP contribution in [0.2, 0.25) is 0 Å². The minimum atomic E-state index is 0.926. The van der Waals surface area contributed by atoms with Gasteiger partial charge in [0.1, 0.15) is 0 Å². The number of aromatic nitrogens is 2. The van der Waals surface area contributed by atoms with Gasteiger partial charge in [-0.05, 0) is 36.6 Å². The van der Waals surface area contributed by atoms with Gasteiger partial charge in [-0.2, -0.15) is 0 Å². The molecule has 0 aliphatic rings. The predicted octanol–water partition coefficient (Wildman–Crippen LogP) is 4.43. The molecule has 2 heterocycles. The normalized spacial score (nSPS) is 11.1. The van der Waals surface area contributed by atoms with Crippen molar-refractivity contribution in [3.05, 3.63) is 66.0 Å². The number of hydrogen-bond acceptors (Lipinski definition) is 1. The average Bonchev–Trinajstić information content (AvgIpc) is 2.84. The molecule has 0 atom stereocenters. The summed E-state index contributed by atoms with van der Waals surface area (Å²) in [5, 5.41) is 0. The summed E-state index contributed by atoms with van der Waals surface area (Å²) in [6.45, 7) is 3.16. The highest BCUT2D eigenvalue weighted by atomic mass is 15.0. The molecule has 0 fully saturated rings. The first kappa shape index (κ1) is 12.9. The van der Waals surface area contributed by atoms with Crippen LogP contribution < -0.4 is 0 Å². The van der Waals surface area contributed by atoms with Crippen LogP contribution in [0.3, 0.4) is 0 Å². The lowest BCUT2D eigenvalue weighted by Gasteiger charge is -2.10. The number of benzene rings is 1. The summed E-state index contributed by atoms with van der Waals surface area (Å²) >= 11 is 0. The van der Waals surface area contributed by atoms with Crippen LogP contribution in [-0.4, -0.2) is 9.55 Å². The maximum atomic E-state index is 4.49. The van der Waals surface area contributed by atoms with Gasteiger partial charge in [0, 0.05) is 18.4 Å². The Morgan fingerprint density at radius 2 is 1.90 bits per heavy atom. The molecule has 3 rings (SSSR count). The first-order valence-corrected chi connectivity index (χ1v) is 7.35. The molecule has 2 heteroatoms. The van der Waals surface area contributed by atoms with Crippen LogP contribution in [0.1, 0.15) is 31.0 Å². The molecule has 0 bridgehead atoms. The Hall–Kier alpha value is -2.09. The zero-order valence-corrected chi connectivity index (χ0v) is 11.9. The molecule has 20 heavy (non-hydrogen) atoms. The van der Waals surface area contributed by atoms with Crippen molar-refractivity contribution in [3.63, 3.8) is 0 Å². The van der Waals surface area contributed by atoms with Gasteiger partial charge >= 0.3 is 0 Å². The zero-order valence-electron chi connectivity index (χ0n) is 11.9. The number of rotatable bonds is 5. The van der Waals surface area contributed by atoms with Gasteiger partial charge in [0.2, 0.25) is 0 Å². The van der Waals surface area contributed by atoms with E-state index in [1.54, 1.807) is 0 Å². The van der Waals surface area contributed by atoms with E-state index >= 15 is 0 Å². The van der Waals surface area contributed by atoms with Crippen molar-refractivity contribution >= 4 is 11.0 Å². The lowest BCUT2D eigenvalue weighted by atomic mass is 10.2. The Labute approximate surface area is 120 Å². The van der Waals surface area contributed by atoms with E-state index in [1.165, 1.54) is 29.6 Å². The summed E-state index contributed by atoms with van der Waals surface area (Å²) in [4.78, 5) is 4.49. The molecule has 0 saturated heterocycles. The molecule has 1 aromatic carbocycles. The van der Waals surface area contributed by atoms with Crippen LogP contribution in [0, 0.1) is 0 Å². The van der Waals surface area contributed by atoms with E-state index in [2.05, 4.69) is 58.9 Å². The molecule has 0 unspecified atom stereocenters. The minimum Gasteiger partial charge on any atom is -0.339 e. The van der Waals surface area contributed by atoms with E-state index in [9.17, 15) is 0 Å². The van der Waals surface area contributed by atoms with E-state index in [0.29, 0.717) is 0 Å². The number of fused-ring (bicyclic) bond motifs is 1. The SMILES string of the molecule is CCCCc1cc2ncccc2n1Cc1ccccc1. The first-order valence-electron chi connectivity index (χ1n) is 7.35. The molecule has 2 nitrogen and oxygen atoms in total. The molecule has 2 aromatic heterocycles. The van der Waals surface area contributed by atoms with Crippen molar-refractivity contribution in [2.75, 3.05) is 0 Å². The highest BCUT2D eigenvalue weighted by Gasteiger charge is 2.09. The number of unbranched alkanes of at least 4 members (excludes halogenated alkanes) is 1. The van der Waals surface area contributed by atoms with E-state index in [-0.39, 0.29) is 0 Å². The summed E-state index contributed by atoms with van der Waals surface area (Å²) in [6.07, 6.45) is 5.45. The van der Waals surface area contributed by atoms with E-state index in [4.69, 9.17) is 0 Å². The van der Waals surface area contributed by atoms with Crippen molar-refractivity contribution in [2.45, 2.75) is 32.7 Å². The molecule has 0 N–H and O–H groups in total. The molecule has 0 spiro atoms. The summed E-state index contributed by atoms with van der Waals surface area (Å²) in [5.41, 5.74) is 5.08. The number of aryl methyl sites for hydroxylation is 1.